The summed E-state index contributed by atoms with van der Waals surface area (Å²) >= 11 is 0. The summed E-state index contributed by atoms with van der Waals surface area (Å²) in [6.07, 6.45) is 5.80. The van der Waals surface area contributed by atoms with Gasteiger partial charge >= 0.3 is 0 Å². The SMILES string of the molecule is CNC(=O)c1nn(CC2(c3cccc(-c4cncc(F)c4)c3)CC2)cc(O)c1=O. The van der Waals surface area contributed by atoms with Crippen molar-refractivity contribution in [2.45, 2.75) is 24.8 Å². The van der Waals surface area contributed by atoms with Crippen molar-refractivity contribution in [2.75, 3.05) is 7.05 Å². The van der Waals surface area contributed by atoms with Gasteiger partial charge in [-0.2, -0.15) is 5.10 Å². The molecule has 8 heteroatoms. The predicted octanol–water partition coefficient (Wildman–Crippen LogP) is 2.24. The number of amides is 1. The third-order valence-corrected chi connectivity index (χ3v) is 5.22. The molecule has 148 valence electrons. The number of carbonyl (C=O) groups excluding carboxylic acids is 1. The Balaban J connectivity index is 1.67. The van der Waals surface area contributed by atoms with Crippen LogP contribution < -0.4 is 10.7 Å². The maximum atomic E-state index is 13.5. The molecular weight excluding hydrogens is 375 g/mol. The summed E-state index contributed by atoms with van der Waals surface area (Å²) in [5.74, 6) is -1.57. The van der Waals surface area contributed by atoms with Crippen LogP contribution in [0.4, 0.5) is 4.39 Å². The Hall–Kier alpha value is -3.55. The number of carbonyl (C=O) groups is 1. The summed E-state index contributed by atoms with van der Waals surface area (Å²) in [5, 5.41) is 16.4. The zero-order valence-electron chi connectivity index (χ0n) is 15.7. The molecule has 0 unspecified atom stereocenters. The van der Waals surface area contributed by atoms with Crippen LogP contribution >= 0.6 is 0 Å². The van der Waals surface area contributed by atoms with Gasteiger partial charge in [-0.05, 0) is 30.0 Å². The zero-order chi connectivity index (χ0) is 20.6. The van der Waals surface area contributed by atoms with Crippen LogP contribution in [-0.2, 0) is 12.0 Å². The van der Waals surface area contributed by atoms with Crippen molar-refractivity contribution >= 4 is 5.91 Å². The summed E-state index contributed by atoms with van der Waals surface area (Å²) in [6.45, 7) is 0.399. The Morgan fingerprint density at radius 3 is 2.76 bits per heavy atom. The van der Waals surface area contributed by atoms with E-state index in [0.29, 0.717) is 12.1 Å². The van der Waals surface area contributed by atoms with E-state index in [9.17, 15) is 19.1 Å². The van der Waals surface area contributed by atoms with Crippen molar-refractivity contribution in [3.05, 3.63) is 76.2 Å². The number of nitrogens with one attached hydrogen (secondary N) is 1. The second kappa shape index (κ2) is 7.12. The van der Waals surface area contributed by atoms with Gasteiger partial charge in [0.05, 0.1) is 18.9 Å². The first-order chi connectivity index (χ1) is 13.9. The number of halogens is 1. The van der Waals surface area contributed by atoms with Crippen molar-refractivity contribution in [1.82, 2.24) is 20.1 Å². The van der Waals surface area contributed by atoms with Crippen molar-refractivity contribution in [2.24, 2.45) is 0 Å². The number of benzene rings is 1. The van der Waals surface area contributed by atoms with Gasteiger partial charge in [0.1, 0.15) is 5.82 Å². The minimum Gasteiger partial charge on any atom is -0.503 e. The molecule has 0 radical (unpaired) electrons. The van der Waals surface area contributed by atoms with Crippen molar-refractivity contribution in [1.29, 1.82) is 0 Å². The average molecular weight is 394 g/mol. The van der Waals surface area contributed by atoms with E-state index in [0.717, 1.165) is 30.2 Å². The molecule has 0 saturated heterocycles. The van der Waals surface area contributed by atoms with Gasteiger partial charge in [0.2, 0.25) is 0 Å². The topological polar surface area (TPSA) is 97.1 Å². The summed E-state index contributed by atoms with van der Waals surface area (Å²) in [5.41, 5.74) is 1.20. The molecule has 1 fully saturated rings. The number of rotatable bonds is 5. The minimum atomic E-state index is -0.800. The van der Waals surface area contributed by atoms with Gasteiger partial charge in [-0.3, -0.25) is 19.3 Å². The van der Waals surface area contributed by atoms with Crippen LogP contribution in [-0.4, -0.2) is 32.8 Å². The molecule has 2 N–H and O–H groups in total. The van der Waals surface area contributed by atoms with E-state index < -0.39 is 22.9 Å². The lowest BCUT2D eigenvalue weighted by Crippen LogP contribution is -2.30. The monoisotopic (exact) mass is 394 g/mol. The number of aromatic nitrogens is 3. The van der Waals surface area contributed by atoms with Crippen LogP contribution in [0.1, 0.15) is 28.9 Å². The standard InChI is InChI=1S/C21H19FN4O3/c1-23-20(29)18-19(28)17(27)11-26(25-18)12-21(5-6-21)15-4-2-3-13(7-15)14-8-16(22)10-24-9-14/h2-4,7-11,27H,5-6,12H2,1H3,(H,23,29). The second-order valence-corrected chi connectivity index (χ2v) is 7.22. The van der Waals surface area contributed by atoms with Gasteiger partial charge in [-0.1, -0.05) is 24.3 Å². The maximum Gasteiger partial charge on any atom is 0.275 e. The molecule has 7 nitrogen and oxygen atoms in total. The van der Waals surface area contributed by atoms with E-state index in [1.807, 2.05) is 24.3 Å². The van der Waals surface area contributed by atoms with E-state index in [1.54, 1.807) is 6.20 Å². The number of hydrogen-bond donors (Lipinski definition) is 2. The quantitative estimate of drug-likeness (QED) is 0.692. The minimum absolute atomic E-state index is 0.231. The molecule has 0 bridgehead atoms. The summed E-state index contributed by atoms with van der Waals surface area (Å²) in [4.78, 5) is 27.8. The molecule has 0 spiro atoms. The third kappa shape index (κ3) is 3.61. The van der Waals surface area contributed by atoms with E-state index in [1.165, 1.54) is 24.0 Å². The van der Waals surface area contributed by atoms with Crippen molar-refractivity contribution in [3.63, 3.8) is 0 Å². The highest BCUT2D eigenvalue weighted by atomic mass is 19.1. The Kier molecular flexibility index (Phi) is 4.62. The van der Waals surface area contributed by atoms with Crippen molar-refractivity contribution in [3.8, 4) is 16.9 Å². The molecule has 1 aromatic carbocycles. The van der Waals surface area contributed by atoms with Crippen LogP contribution in [0.15, 0.2) is 53.7 Å². The smallest absolute Gasteiger partial charge is 0.275 e. The van der Waals surface area contributed by atoms with Gasteiger partial charge in [-0.15, -0.1) is 0 Å². The van der Waals surface area contributed by atoms with Crippen LogP contribution in [0.25, 0.3) is 11.1 Å². The normalized spacial score (nSPS) is 14.4. The molecule has 0 aliphatic heterocycles. The summed E-state index contributed by atoms with van der Waals surface area (Å²) < 4.78 is 15.0. The lowest BCUT2D eigenvalue weighted by molar-refractivity contribution is 0.0953. The first-order valence-electron chi connectivity index (χ1n) is 9.16. The highest BCUT2D eigenvalue weighted by Crippen LogP contribution is 2.50. The van der Waals surface area contributed by atoms with E-state index >= 15 is 0 Å². The van der Waals surface area contributed by atoms with Crippen LogP contribution in [0.5, 0.6) is 5.75 Å². The molecular formula is C21H19FN4O3. The van der Waals surface area contributed by atoms with Gasteiger partial charge in [0.25, 0.3) is 11.3 Å². The molecule has 2 aromatic heterocycles. The number of aromatic hydroxyl groups is 1. The number of hydrogen-bond acceptors (Lipinski definition) is 5. The van der Waals surface area contributed by atoms with Crippen molar-refractivity contribution < 1.29 is 14.3 Å². The molecule has 0 atom stereocenters. The van der Waals surface area contributed by atoms with E-state index in [-0.39, 0.29) is 11.1 Å². The second-order valence-electron chi connectivity index (χ2n) is 7.22. The van der Waals surface area contributed by atoms with Crippen LogP contribution in [0.2, 0.25) is 0 Å². The molecule has 2 heterocycles. The van der Waals surface area contributed by atoms with Gasteiger partial charge in [0.15, 0.2) is 11.4 Å². The Morgan fingerprint density at radius 1 is 1.28 bits per heavy atom. The fraction of sp³-hybridized carbons (Fsp3) is 0.238. The van der Waals surface area contributed by atoms with E-state index in [4.69, 9.17) is 0 Å². The van der Waals surface area contributed by atoms with Gasteiger partial charge < -0.3 is 10.4 Å². The first-order valence-corrected chi connectivity index (χ1v) is 9.16. The lowest BCUT2D eigenvalue weighted by Gasteiger charge is -2.18. The Bertz CT molecular complexity index is 1150. The van der Waals surface area contributed by atoms with E-state index in [2.05, 4.69) is 15.4 Å². The zero-order valence-corrected chi connectivity index (χ0v) is 15.7. The maximum absolute atomic E-state index is 13.5. The van der Waals surface area contributed by atoms with Crippen LogP contribution in [0.3, 0.4) is 0 Å². The Labute approximate surface area is 165 Å². The van der Waals surface area contributed by atoms with Gasteiger partial charge in [-0.25, -0.2) is 4.39 Å². The molecule has 29 heavy (non-hydrogen) atoms. The Morgan fingerprint density at radius 2 is 2.07 bits per heavy atom. The fourth-order valence-corrected chi connectivity index (χ4v) is 3.47. The highest BCUT2D eigenvalue weighted by molar-refractivity contribution is 5.92. The number of pyridine rings is 1. The molecule has 1 amide bonds. The largest absolute Gasteiger partial charge is 0.503 e. The number of nitrogens with zero attached hydrogens (tertiary/aromatic N) is 3. The third-order valence-electron chi connectivity index (χ3n) is 5.22. The lowest BCUT2D eigenvalue weighted by atomic mass is 9.93. The predicted molar refractivity (Wildman–Crippen MR) is 104 cm³/mol. The summed E-state index contributed by atoms with van der Waals surface area (Å²) in [6, 6.07) is 9.21. The molecule has 1 aliphatic rings. The molecule has 4 rings (SSSR count). The van der Waals surface area contributed by atoms with Gasteiger partial charge in [0, 0.05) is 24.2 Å². The highest BCUT2D eigenvalue weighted by Gasteiger charge is 2.45. The molecule has 3 aromatic rings. The first kappa shape index (κ1) is 18.8. The molecule has 1 aliphatic carbocycles. The van der Waals surface area contributed by atoms with Crippen LogP contribution in [0, 0.1) is 5.82 Å². The molecule has 1 saturated carbocycles. The fourth-order valence-electron chi connectivity index (χ4n) is 3.47. The summed E-state index contributed by atoms with van der Waals surface area (Å²) in [7, 11) is 1.40. The average Bonchev–Trinajstić information content (AvgIpc) is 3.51.